The average molecular weight is 185 g/mol. The third-order valence-electron chi connectivity index (χ3n) is 3.58. The lowest BCUT2D eigenvalue weighted by molar-refractivity contribution is 0.0218. The van der Waals surface area contributed by atoms with Crippen LogP contribution in [0.25, 0.3) is 0 Å². The lowest BCUT2D eigenvalue weighted by atomic mass is 9.68. The standard InChI is InChI=1S/C11H23NO/c1-10(2,3)9-5-7-11(4,12-13)8-6-9/h9,12-13H,5-8H2,1-4H3. The third-order valence-corrected chi connectivity index (χ3v) is 3.58. The molecule has 1 aliphatic carbocycles. The highest BCUT2D eigenvalue weighted by Crippen LogP contribution is 2.40. The van der Waals surface area contributed by atoms with Gasteiger partial charge in [-0.3, -0.25) is 0 Å². The fraction of sp³-hybridized carbons (Fsp3) is 1.00. The van der Waals surface area contributed by atoms with Crippen molar-refractivity contribution in [1.82, 2.24) is 5.48 Å². The van der Waals surface area contributed by atoms with Crippen LogP contribution in [-0.4, -0.2) is 10.7 Å². The molecule has 0 aromatic rings. The molecule has 1 aliphatic rings. The zero-order chi connectivity index (χ0) is 10.1. The lowest BCUT2D eigenvalue weighted by Gasteiger charge is -2.41. The van der Waals surface area contributed by atoms with Crippen molar-refractivity contribution in [2.45, 2.75) is 58.9 Å². The van der Waals surface area contributed by atoms with Crippen LogP contribution in [0.1, 0.15) is 53.4 Å². The van der Waals surface area contributed by atoms with Crippen LogP contribution in [0.15, 0.2) is 0 Å². The first-order chi connectivity index (χ1) is 5.87. The normalized spacial score (nSPS) is 36.2. The van der Waals surface area contributed by atoms with E-state index in [-0.39, 0.29) is 5.54 Å². The van der Waals surface area contributed by atoms with Gasteiger partial charge >= 0.3 is 0 Å². The molecule has 0 unspecified atom stereocenters. The Kier molecular flexibility index (Phi) is 3.03. The van der Waals surface area contributed by atoms with Gasteiger partial charge in [0.2, 0.25) is 0 Å². The van der Waals surface area contributed by atoms with Crippen LogP contribution in [0.4, 0.5) is 0 Å². The molecule has 0 aromatic carbocycles. The number of hydrogen-bond donors (Lipinski definition) is 2. The molecular formula is C11H23NO. The molecule has 0 aromatic heterocycles. The van der Waals surface area contributed by atoms with Crippen molar-refractivity contribution in [3.05, 3.63) is 0 Å². The van der Waals surface area contributed by atoms with Crippen molar-refractivity contribution < 1.29 is 5.21 Å². The molecule has 0 bridgehead atoms. The summed E-state index contributed by atoms with van der Waals surface area (Å²) in [6.45, 7) is 9.04. The minimum absolute atomic E-state index is 0.0260. The van der Waals surface area contributed by atoms with Crippen LogP contribution in [0, 0.1) is 11.3 Å². The van der Waals surface area contributed by atoms with Gasteiger partial charge in [0.05, 0.1) is 0 Å². The number of nitrogens with one attached hydrogen (secondary N) is 1. The maximum Gasteiger partial charge on any atom is 0.0402 e. The van der Waals surface area contributed by atoms with Crippen LogP contribution < -0.4 is 5.48 Å². The lowest BCUT2D eigenvalue weighted by Crippen LogP contribution is -2.44. The second kappa shape index (κ2) is 3.58. The summed E-state index contributed by atoms with van der Waals surface area (Å²) in [6.07, 6.45) is 4.64. The van der Waals surface area contributed by atoms with Crippen molar-refractivity contribution in [2.24, 2.45) is 11.3 Å². The first-order valence-electron chi connectivity index (χ1n) is 5.29. The molecule has 1 fully saturated rings. The Balaban J connectivity index is 2.48. The number of hydroxylamine groups is 1. The Morgan fingerprint density at radius 1 is 1.23 bits per heavy atom. The van der Waals surface area contributed by atoms with E-state index in [9.17, 15) is 0 Å². The molecule has 78 valence electrons. The van der Waals surface area contributed by atoms with E-state index in [0.29, 0.717) is 5.41 Å². The van der Waals surface area contributed by atoms with Crippen LogP contribution in [0.5, 0.6) is 0 Å². The summed E-state index contributed by atoms with van der Waals surface area (Å²) in [6, 6.07) is 0. The van der Waals surface area contributed by atoms with Gasteiger partial charge in [-0.2, -0.15) is 5.48 Å². The van der Waals surface area contributed by atoms with Crippen LogP contribution in [0.2, 0.25) is 0 Å². The van der Waals surface area contributed by atoms with Gasteiger partial charge in [0.1, 0.15) is 0 Å². The topological polar surface area (TPSA) is 32.3 Å². The van der Waals surface area contributed by atoms with E-state index < -0.39 is 0 Å². The summed E-state index contributed by atoms with van der Waals surface area (Å²) in [7, 11) is 0. The molecule has 13 heavy (non-hydrogen) atoms. The summed E-state index contributed by atoms with van der Waals surface area (Å²) < 4.78 is 0. The molecule has 2 heteroatoms. The second-order valence-corrected chi connectivity index (χ2v) is 5.81. The minimum atomic E-state index is -0.0260. The molecule has 0 spiro atoms. The van der Waals surface area contributed by atoms with Crippen molar-refractivity contribution in [3.8, 4) is 0 Å². The monoisotopic (exact) mass is 185 g/mol. The number of hydrogen-bond acceptors (Lipinski definition) is 2. The SMILES string of the molecule is CC1(NO)CCC(C(C)(C)C)CC1. The Hall–Kier alpha value is -0.0800. The minimum Gasteiger partial charge on any atom is -0.316 e. The molecule has 1 saturated carbocycles. The van der Waals surface area contributed by atoms with Gasteiger partial charge in [-0.15, -0.1) is 0 Å². The summed E-state index contributed by atoms with van der Waals surface area (Å²) in [5.74, 6) is 0.814. The molecule has 0 saturated heterocycles. The predicted molar refractivity (Wildman–Crippen MR) is 54.7 cm³/mol. The third kappa shape index (κ3) is 2.68. The van der Waals surface area contributed by atoms with E-state index >= 15 is 0 Å². The van der Waals surface area contributed by atoms with E-state index in [1.807, 2.05) is 0 Å². The largest absolute Gasteiger partial charge is 0.316 e. The fourth-order valence-corrected chi connectivity index (χ4v) is 2.23. The zero-order valence-corrected chi connectivity index (χ0v) is 9.35. The quantitative estimate of drug-likeness (QED) is 0.616. The van der Waals surface area contributed by atoms with Crippen LogP contribution in [-0.2, 0) is 0 Å². The highest BCUT2D eigenvalue weighted by Gasteiger charge is 2.35. The van der Waals surface area contributed by atoms with E-state index in [1.54, 1.807) is 0 Å². The molecule has 0 amide bonds. The summed E-state index contributed by atoms with van der Waals surface area (Å²) in [5.41, 5.74) is 2.85. The Labute approximate surface area is 81.7 Å². The predicted octanol–water partition coefficient (Wildman–Crippen LogP) is 2.96. The van der Waals surface area contributed by atoms with Crippen molar-refractivity contribution >= 4 is 0 Å². The van der Waals surface area contributed by atoms with Gasteiger partial charge in [-0.25, -0.2) is 0 Å². The highest BCUT2D eigenvalue weighted by atomic mass is 16.5. The fourth-order valence-electron chi connectivity index (χ4n) is 2.23. The van der Waals surface area contributed by atoms with E-state index in [4.69, 9.17) is 5.21 Å². The van der Waals surface area contributed by atoms with Gasteiger partial charge < -0.3 is 5.21 Å². The summed E-state index contributed by atoms with van der Waals surface area (Å²) in [5, 5.41) is 8.99. The van der Waals surface area contributed by atoms with Crippen molar-refractivity contribution in [1.29, 1.82) is 0 Å². The zero-order valence-electron chi connectivity index (χ0n) is 9.35. The molecule has 2 nitrogen and oxygen atoms in total. The Bertz CT molecular complexity index is 163. The van der Waals surface area contributed by atoms with Gasteiger partial charge in [0, 0.05) is 5.54 Å². The molecule has 0 heterocycles. The second-order valence-electron chi connectivity index (χ2n) is 5.81. The van der Waals surface area contributed by atoms with Gasteiger partial charge in [-0.05, 0) is 43.9 Å². The molecule has 0 atom stereocenters. The summed E-state index contributed by atoms with van der Waals surface area (Å²) in [4.78, 5) is 0. The molecular weight excluding hydrogens is 162 g/mol. The number of rotatable bonds is 1. The smallest absolute Gasteiger partial charge is 0.0402 e. The Morgan fingerprint density at radius 2 is 1.69 bits per heavy atom. The van der Waals surface area contributed by atoms with Gasteiger partial charge in [0.25, 0.3) is 0 Å². The first-order valence-corrected chi connectivity index (χ1v) is 5.29. The van der Waals surface area contributed by atoms with E-state index in [1.165, 1.54) is 12.8 Å². The molecule has 0 radical (unpaired) electrons. The first kappa shape index (κ1) is 11.0. The molecule has 0 aliphatic heterocycles. The van der Waals surface area contributed by atoms with Crippen LogP contribution in [0.3, 0.4) is 0 Å². The van der Waals surface area contributed by atoms with Crippen LogP contribution >= 0.6 is 0 Å². The van der Waals surface area contributed by atoms with Crippen molar-refractivity contribution in [2.75, 3.05) is 0 Å². The molecule has 2 N–H and O–H groups in total. The van der Waals surface area contributed by atoms with E-state index in [2.05, 4.69) is 33.2 Å². The van der Waals surface area contributed by atoms with Gasteiger partial charge in [-0.1, -0.05) is 20.8 Å². The maximum absolute atomic E-state index is 8.99. The maximum atomic E-state index is 8.99. The molecule has 1 rings (SSSR count). The summed E-state index contributed by atoms with van der Waals surface area (Å²) >= 11 is 0. The Morgan fingerprint density at radius 3 is 2.00 bits per heavy atom. The average Bonchev–Trinajstić information content (AvgIpc) is 2.04. The van der Waals surface area contributed by atoms with E-state index in [0.717, 1.165) is 18.8 Å². The van der Waals surface area contributed by atoms with Gasteiger partial charge in [0.15, 0.2) is 0 Å². The van der Waals surface area contributed by atoms with Crippen molar-refractivity contribution in [3.63, 3.8) is 0 Å². The highest BCUT2D eigenvalue weighted by molar-refractivity contribution is 4.89.